The van der Waals surface area contributed by atoms with E-state index in [4.69, 9.17) is 10.5 Å². The Hall–Kier alpha value is -2.58. The van der Waals surface area contributed by atoms with Crippen molar-refractivity contribution in [3.63, 3.8) is 0 Å². The number of benzene rings is 2. The molecule has 0 saturated heterocycles. The molecule has 0 heterocycles. The van der Waals surface area contributed by atoms with Gasteiger partial charge >= 0.3 is 12.3 Å². The first-order chi connectivity index (χ1) is 13.7. The number of hydrogen-bond donors (Lipinski definition) is 3. The van der Waals surface area contributed by atoms with Crippen molar-refractivity contribution >= 4 is 6.09 Å². The molecule has 0 unspecified atom stereocenters. The zero-order valence-electron chi connectivity index (χ0n) is 15.7. The van der Waals surface area contributed by atoms with Crippen LogP contribution in [0.3, 0.4) is 0 Å². The third kappa shape index (κ3) is 5.48. The fraction of sp³-hybridized carbons (Fsp3) is 0.381. The van der Waals surface area contributed by atoms with Crippen LogP contribution in [0, 0.1) is 0 Å². The SMILES string of the molecule is NC(=O)O[C@@H](Cc1ccccc1)[C@@H](O)CNC1(c2cccc(C(F)(F)F)c2)CC1. The fourth-order valence-electron chi connectivity index (χ4n) is 3.37. The van der Waals surface area contributed by atoms with Crippen molar-refractivity contribution in [2.45, 2.75) is 43.2 Å². The van der Waals surface area contributed by atoms with E-state index in [1.807, 2.05) is 30.3 Å². The Labute approximate surface area is 166 Å². The van der Waals surface area contributed by atoms with E-state index < -0.39 is 35.6 Å². The molecule has 5 nitrogen and oxygen atoms in total. The average molecular weight is 408 g/mol. The number of carbonyl (C=O) groups is 1. The normalized spacial score (nSPS) is 17.4. The van der Waals surface area contributed by atoms with Crippen LogP contribution in [0.5, 0.6) is 0 Å². The van der Waals surface area contributed by atoms with E-state index in [1.165, 1.54) is 6.07 Å². The van der Waals surface area contributed by atoms with Crippen LogP contribution in [0.15, 0.2) is 54.6 Å². The first-order valence-corrected chi connectivity index (χ1v) is 9.30. The van der Waals surface area contributed by atoms with Gasteiger partial charge in [0.25, 0.3) is 0 Å². The summed E-state index contributed by atoms with van der Waals surface area (Å²) in [6.45, 7) is 0.0427. The second-order valence-electron chi connectivity index (χ2n) is 7.27. The molecule has 8 heteroatoms. The van der Waals surface area contributed by atoms with Gasteiger partial charge in [-0.3, -0.25) is 0 Å². The van der Waals surface area contributed by atoms with Crippen LogP contribution < -0.4 is 11.1 Å². The van der Waals surface area contributed by atoms with E-state index in [-0.39, 0.29) is 13.0 Å². The van der Waals surface area contributed by atoms with E-state index in [0.717, 1.165) is 17.7 Å². The molecule has 3 rings (SSSR count). The van der Waals surface area contributed by atoms with Gasteiger partial charge in [0, 0.05) is 18.5 Å². The standard InChI is InChI=1S/C21H23F3N2O3/c22-21(23,24)16-8-4-7-15(12-16)20(9-10-20)26-13-17(27)18(29-19(25)28)11-14-5-2-1-3-6-14/h1-8,12,17-18,26-27H,9-11,13H2,(H2,25,28)/t17-,18-/m0/s1. The zero-order valence-corrected chi connectivity index (χ0v) is 15.7. The predicted molar refractivity (Wildman–Crippen MR) is 101 cm³/mol. The van der Waals surface area contributed by atoms with Gasteiger partial charge in [0.2, 0.25) is 0 Å². The number of rotatable bonds is 8. The molecule has 156 valence electrons. The number of halogens is 3. The maximum absolute atomic E-state index is 13.0. The van der Waals surface area contributed by atoms with E-state index in [2.05, 4.69) is 5.32 Å². The third-order valence-electron chi connectivity index (χ3n) is 5.12. The van der Waals surface area contributed by atoms with Crippen LogP contribution in [0.4, 0.5) is 18.0 Å². The predicted octanol–water partition coefficient (Wildman–Crippen LogP) is 3.35. The maximum atomic E-state index is 13.0. The van der Waals surface area contributed by atoms with Gasteiger partial charge < -0.3 is 20.9 Å². The lowest BCUT2D eigenvalue weighted by atomic mass is 10.00. The van der Waals surface area contributed by atoms with Gasteiger partial charge in [-0.05, 0) is 36.1 Å². The topological polar surface area (TPSA) is 84.6 Å². The Bertz CT molecular complexity index is 839. The van der Waals surface area contributed by atoms with Gasteiger partial charge in [0.05, 0.1) is 5.56 Å². The summed E-state index contributed by atoms with van der Waals surface area (Å²) in [4.78, 5) is 11.2. The van der Waals surface area contributed by atoms with Crippen molar-refractivity contribution in [3.05, 3.63) is 71.3 Å². The van der Waals surface area contributed by atoms with Crippen LogP contribution in [-0.4, -0.2) is 30.0 Å². The molecule has 1 amide bonds. The van der Waals surface area contributed by atoms with Crippen molar-refractivity contribution < 1.29 is 27.8 Å². The molecule has 2 atom stereocenters. The molecule has 1 fully saturated rings. The summed E-state index contributed by atoms with van der Waals surface area (Å²) in [7, 11) is 0. The molecule has 2 aromatic rings. The number of aliphatic hydroxyl groups excluding tert-OH is 1. The summed E-state index contributed by atoms with van der Waals surface area (Å²) in [6.07, 6.45) is -5.79. The highest BCUT2D eigenvalue weighted by molar-refractivity contribution is 5.64. The molecule has 0 bridgehead atoms. The minimum absolute atomic E-state index is 0.0427. The van der Waals surface area contributed by atoms with Crippen LogP contribution in [0.25, 0.3) is 0 Å². The summed E-state index contributed by atoms with van der Waals surface area (Å²) in [5.41, 5.74) is 5.18. The van der Waals surface area contributed by atoms with Gasteiger partial charge in [-0.1, -0.05) is 42.5 Å². The molecule has 1 aliphatic rings. The number of ether oxygens (including phenoxy) is 1. The Morgan fingerprint density at radius 1 is 1.17 bits per heavy atom. The Balaban J connectivity index is 1.67. The lowest BCUT2D eigenvalue weighted by Gasteiger charge is -2.26. The van der Waals surface area contributed by atoms with Crippen molar-refractivity contribution in [1.82, 2.24) is 5.32 Å². The van der Waals surface area contributed by atoms with Crippen molar-refractivity contribution in [3.8, 4) is 0 Å². The zero-order chi connectivity index (χ0) is 21.1. The summed E-state index contributed by atoms with van der Waals surface area (Å²) < 4.78 is 44.1. The molecular formula is C21H23F3N2O3. The number of nitrogens with one attached hydrogen (secondary N) is 1. The first-order valence-electron chi connectivity index (χ1n) is 9.30. The molecule has 2 aromatic carbocycles. The second-order valence-corrected chi connectivity index (χ2v) is 7.27. The number of hydrogen-bond acceptors (Lipinski definition) is 4. The Morgan fingerprint density at radius 3 is 2.45 bits per heavy atom. The number of nitrogens with two attached hydrogens (primary N) is 1. The second kappa shape index (κ2) is 8.42. The number of primary amides is 1. The van der Waals surface area contributed by atoms with Gasteiger partial charge in [-0.2, -0.15) is 13.2 Å². The highest BCUT2D eigenvalue weighted by Crippen LogP contribution is 2.46. The summed E-state index contributed by atoms with van der Waals surface area (Å²) in [6, 6.07) is 14.4. The molecule has 0 aromatic heterocycles. The highest BCUT2D eigenvalue weighted by atomic mass is 19.4. The average Bonchev–Trinajstić information content (AvgIpc) is 3.47. The van der Waals surface area contributed by atoms with Crippen LogP contribution in [0.1, 0.15) is 29.5 Å². The largest absolute Gasteiger partial charge is 0.443 e. The van der Waals surface area contributed by atoms with E-state index >= 15 is 0 Å². The van der Waals surface area contributed by atoms with Crippen LogP contribution >= 0.6 is 0 Å². The van der Waals surface area contributed by atoms with Crippen molar-refractivity contribution in [2.24, 2.45) is 5.73 Å². The Kier molecular flexibility index (Phi) is 6.14. The molecular weight excluding hydrogens is 385 g/mol. The maximum Gasteiger partial charge on any atom is 0.416 e. The lowest BCUT2D eigenvalue weighted by molar-refractivity contribution is -0.137. The number of amides is 1. The Morgan fingerprint density at radius 2 is 1.86 bits per heavy atom. The van der Waals surface area contributed by atoms with Gasteiger partial charge in [-0.25, -0.2) is 4.79 Å². The van der Waals surface area contributed by atoms with Crippen molar-refractivity contribution in [2.75, 3.05) is 6.54 Å². The number of alkyl halides is 3. The van der Waals surface area contributed by atoms with Crippen LogP contribution in [-0.2, 0) is 22.9 Å². The molecule has 4 N–H and O–H groups in total. The highest BCUT2D eigenvalue weighted by Gasteiger charge is 2.45. The van der Waals surface area contributed by atoms with E-state index in [0.29, 0.717) is 18.4 Å². The minimum atomic E-state index is -4.41. The quantitative estimate of drug-likeness (QED) is 0.626. The molecule has 0 spiro atoms. The van der Waals surface area contributed by atoms with E-state index in [1.54, 1.807) is 6.07 Å². The smallest absolute Gasteiger partial charge is 0.416 e. The van der Waals surface area contributed by atoms with Crippen molar-refractivity contribution in [1.29, 1.82) is 0 Å². The molecule has 29 heavy (non-hydrogen) atoms. The molecule has 1 saturated carbocycles. The number of carbonyl (C=O) groups excluding carboxylic acids is 1. The van der Waals surface area contributed by atoms with Gasteiger partial charge in [0.15, 0.2) is 0 Å². The lowest BCUT2D eigenvalue weighted by Crippen LogP contribution is -2.44. The fourth-order valence-corrected chi connectivity index (χ4v) is 3.37. The minimum Gasteiger partial charge on any atom is -0.443 e. The van der Waals surface area contributed by atoms with Crippen LogP contribution in [0.2, 0.25) is 0 Å². The monoisotopic (exact) mass is 408 g/mol. The molecule has 0 aliphatic heterocycles. The summed E-state index contributed by atoms with van der Waals surface area (Å²) in [5, 5.41) is 13.7. The number of aliphatic hydroxyl groups is 1. The van der Waals surface area contributed by atoms with E-state index in [9.17, 15) is 23.1 Å². The molecule has 0 radical (unpaired) electrons. The third-order valence-corrected chi connectivity index (χ3v) is 5.12. The van der Waals surface area contributed by atoms with Gasteiger partial charge in [-0.15, -0.1) is 0 Å². The van der Waals surface area contributed by atoms with Gasteiger partial charge in [0.1, 0.15) is 12.2 Å². The molecule has 1 aliphatic carbocycles. The summed E-state index contributed by atoms with van der Waals surface area (Å²) in [5.74, 6) is 0. The first kappa shape index (κ1) is 21.1. The summed E-state index contributed by atoms with van der Waals surface area (Å²) >= 11 is 0.